The van der Waals surface area contributed by atoms with E-state index >= 15 is 0 Å². The number of hydrogen-bond donors (Lipinski definition) is 0. The fourth-order valence-corrected chi connectivity index (χ4v) is 15.4. The van der Waals surface area contributed by atoms with E-state index in [0.29, 0.717) is 23.7 Å². The van der Waals surface area contributed by atoms with E-state index in [9.17, 15) is 0 Å². The third-order valence-corrected chi connectivity index (χ3v) is 22.0. The molecule has 0 aliphatic heterocycles. The number of furan rings is 4. The van der Waals surface area contributed by atoms with E-state index in [1.165, 1.54) is 149 Å². The van der Waals surface area contributed by atoms with Crippen molar-refractivity contribution >= 4 is 87.8 Å². The average molecular weight is 1450 g/mol. The molecule has 0 spiro atoms. The first kappa shape index (κ1) is 71.6. The summed E-state index contributed by atoms with van der Waals surface area (Å²) in [5.74, 6) is 2.23. The molecule has 112 heavy (non-hydrogen) atoms. The second-order valence-electron chi connectivity index (χ2n) is 30.6. The van der Waals surface area contributed by atoms with Gasteiger partial charge in [0.1, 0.15) is 44.7 Å². The third-order valence-electron chi connectivity index (χ3n) is 22.0. The molecule has 20 aromatic rings. The predicted molar refractivity (Wildman–Crippen MR) is 475 cm³/mol. The lowest BCUT2D eigenvalue weighted by atomic mass is 9.96. The van der Waals surface area contributed by atoms with Crippen LogP contribution in [0.3, 0.4) is 0 Å². The maximum atomic E-state index is 6.19. The third kappa shape index (κ3) is 14.9. The van der Waals surface area contributed by atoms with E-state index in [-0.39, 0.29) is 0 Å². The van der Waals surface area contributed by atoms with Crippen LogP contribution in [0, 0.1) is 0 Å². The van der Waals surface area contributed by atoms with Crippen LogP contribution in [0.25, 0.3) is 177 Å². The summed E-state index contributed by atoms with van der Waals surface area (Å²) < 4.78 is 24.1. The molecule has 20 rings (SSSR count). The monoisotopic (exact) mass is 1450 g/mol. The van der Waals surface area contributed by atoms with Crippen molar-refractivity contribution in [2.45, 2.75) is 79.1 Å². The van der Waals surface area contributed by atoms with E-state index < -0.39 is 0 Å². The fourth-order valence-electron chi connectivity index (χ4n) is 15.4. The van der Waals surface area contributed by atoms with Gasteiger partial charge in [-0.05, 0) is 196 Å². The normalized spacial score (nSPS) is 11.5. The number of para-hydroxylation sites is 5. The SMILES string of the molecule is CC(C)c1ccc(-c2ccc(-c3ccc4c(c3)oc3ccccc34)cc2)cc1.CC(C)c1ccc(-c2ccc(-c3ccc4oc5ccccc5c4c3)cc2)cc1.CC(C)c1ccc(-c2ccc(-c3cccc4c3oc3ccccc34)cc2)cc1.CC(C)c1ccc(-c2cccc(-c3ccc4oc5ccccc5c4c3)c2)cc1. The Morgan fingerprint density at radius 3 is 0.786 bits per heavy atom. The first-order valence-electron chi connectivity index (χ1n) is 39.2. The van der Waals surface area contributed by atoms with Gasteiger partial charge in [0.05, 0.1) is 0 Å². The second-order valence-corrected chi connectivity index (χ2v) is 30.6. The van der Waals surface area contributed by atoms with Crippen LogP contribution in [0.4, 0.5) is 0 Å². The molecule has 0 N–H and O–H groups in total. The highest BCUT2D eigenvalue weighted by molar-refractivity contribution is 6.11. The molecular weight excluding hydrogens is 1360 g/mol. The van der Waals surface area contributed by atoms with Crippen LogP contribution in [0.5, 0.6) is 0 Å². The van der Waals surface area contributed by atoms with Crippen molar-refractivity contribution in [1.29, 1.82) is 0 Å². The molecule has 4 heteroatoms. The lowest BCUT2D eigenvalue weighted by molar-refractivity contribution is 0.668. The molecule has 0 saturated heterocycles. The van der Waals surface area contributed by atoms with E-state index in [1.807, 2.05) is 48.5 Å². The van der Waals surface area contributed by atoms with Crippen LogP contribution in [0.2, 0.25) is 0 Å². The predicted octanol–water partition coefficient (Wildman–Crippen LogP) is 32.2. The molecule has 4 aromatic heterocycles. The van der Waals surface area contributed by atoms with E-state index in [4.69, 9.17) is 17.7 Å². The lowest BCUT2D eigenvalue weighted by Gasteiger charge is -2.09. The highest BCUT2D eigenvalue weighted by Gasteiger charge is 2.16. The summed E-state index contributed by atoms with van der Waals surface area (Å²) in [6, 6.07) is 129. The Morgan fingerprint density at radius 1 is 0.152 bits per heavy atom. The molecule has 0 fully saturated rings. The quantitative estimate of drug-likeness (QED) is 0.122. The minimum absolute atomic E-state index is 0.553. The van der Waals surface area contributed by atoms with Crippen molar-refractivity contribution in [2.24, 2.45) is 0 Å². The minimum Gasteiger partial charge on any atom is -0.456 e. The van der Waals surface area contributed by atoms with Gasteiger partial charge in [-0.15, -0.1) is 0 Å². The standard InChI is InChI=1S/4C27H22O/c1-18(2)19-10-12-20(13-11-19)21-6-5-7-22(16-21)23-14-15-27-25(17-23)24-8-3-4-9-26(24)28-27;1-18(2)19-10-12-20(13-11-19)21-14-16-22(17-15-21)23-7-5-8-25-24-6-3-4-9-26(24)28-27(23)25;1-18(2)19-7-9-20(10-8-19)21-11-13-22(14-12-21)23-15-16-27-25(17-23)24-5-3-4-6-26(24)28-27;1-18(2)19-7-9-20(10-8-19)21-11-13-22(14-12-21)23-15-16-25-24-5-3-4-6-26(24)28-27(25)17-23/h4*3-18H,1-2H3. The van der Waals surface area contributed by atoms with Gasteiger partial charge in [0.25, 0.3) is 0 Å². The van der Waals surface area contributed by atoms with Crippen molar-refractivity contribution in [2.75, 3.05) is 0 Å². The summed E-state index contributed by atoms with van der Waals surface area (Å²) in [4.78, 5) is 0. The Bertz CT molecular complexity index is 6660. The van der Waals surface area contributed by atoms with Gasteiger partial charge < -0.3 is 17.7 Å². The highest BCUT2D eigenvalue weighted by atomic mass is 16.3. The molecule has 4 nitrogen and oxygen atoms in total. The summed E-state index contributed by atoms with van der Waals surface area (Å²) in [5, 5.41) is 9.34. The Kier molecular flexibility index (Phi) is 20.1. The van der Waals surface area contributed by atoms with Gasteiger partial charge in [0.2, 0.25) is 0 Å². The molecule has 4 heterocycles. The zero-order valence-electron chi connectivity index (χ0n) is 64.6. The smallest absolute Gasteiger partial charge is 0.143 e. The molecule has 0 saturated carbocycles. The van der Waals surface area contributed by atoms with Crippen LogP contribution in [-0.4, -0.2) is 0 Å². The van der Waals surface area contributed by atoms with Crippen LogP contribution >= 0.6 is 0 Å². The number of benzene rings is 16. The summed E-state index contributed by atoms with van der Waals surface area (Å²) in [7, 11) is 0. The molecule has 0 amide bonds. The van der Waals surface area contributed by atoms with Crippen LogP contribution in [0.1, 0.15) is 101 Å². The van der Waals surface area contributed by atoms with Crippen LogP contribution in [0.15, 0.2) is 382 Å². The molecule has 16 aromatic carbocycles. The molecule has 0 radical (unpaired) electrons. The van der Waals surface area contributed by atoms with Crippen LogP contribution < -0.4 is 0 Å². The van der Waals surface area contributed by atoms with E-state index in [1.54, 1.807) is 0 Å². The van der Waals surface area contributed by atoms with Gasteiger partial charge in [0.15, 0.2) is 0 Å². The maximum absolute atomic E-state index is 6.19. The Balaban J connectivity index is 0.000000108. The Morgan fingerprint density at radius 2 is 0.393 bits per heavy atom. The Hall–Kier alpha value is -13.3. The van der Waals surface area contributed by atoms with Crippen LogP contribution in [-0.2, 0) is 0 Å². The van der Waals surface area contributed by atoms with Crippen molar-refractivity contribution in [1.82, 2.24) is 0 Å². The molecule has 0 unspecified atom stereocenters. The number of fused-ring (bicyclic) bond motifs is 12. The zero-order valence-corrected chi connectivity index (χ0v) is 64.6. The van der Waals surface area contributed by atoms with E-state index in [0.717, 1.165) is 50.2 Å². The fraction of sp³-hybridized carbons (Fsp3) is 0.111. The van der Waals surface area contributed by atoms with Crippen molar-refractivity contribution in [3.8, 4) is 89.0 Å². The topological polar surface area (TPSA) is 52.6 Å². The minimum atomic E-state index is 0.553. The summed E-state index contributed by atoms with van der Waals surface area (Å²) >= 11 is 0. The summed E-state index contributed by atoms with van der Waals surface area (Å²) in [5.41, 5.74) is 32.5. The maximum Gasteiger partial charge on any atom is 0.143 e. The van der Waals surface area contributed by atoms with Gasteiger partial charge in [0, 0.05) is 48.7 Å². The first-order valence-corrected chi connectivity index (χ1v) is 39.2. The molecule has 0 aliphatic rings. The first-order chi connectivity index (χ1) is 54.8. The molecule has 0 aliphatic carbocycles. The van der Waals surface area contributed by atoms with Gasteiger partial charge >= 0.3 is 0 Å². The van der Waals surface area contributed by atoms with Gasteiger partial charge in [-0.3, -0.25) is 0 Å². The van der Waals surface area contributed by atoms with Crippen molar-refractivity contribution < 1.29 is 17.7 Å². The zero-order chi connectivity index (χ0) is 76.3. The largest absolute Gasteiger partial charge is 0.456 e. The molecule has 0 bridgehead atoms. The Labute approximate surface area is 655 Å². The van der Waals surface area contributed by atoms with E-state index in [2.05, 4.69) is 371 Å². The van der Waals surface area contributed by atoms with Crippen molar-refractivity contribution in [3.05, 3.63) is 386 Å². The summed E-state index contributed by atoms with van der Waals surface area (Å²) in [6.07, 6.45) is 0. The second kappa shape index (κ2) is 31.4. The number of rotatable bonds is 12. The van der Waals surface area contributed by atoms with Gasteiger partial charge in [-0.1, -0.05) is 353 Å². The van der Waals surface area contributed by atoms with Crippen molar-refractivity contribution in [3.63, 3.8) is 0 Å². The van der Waals surface area contributed by atoms with Gasteiger partial charge in [-0.2, -0.15) is 0 Å². The highest BCUT2D eigenvalue weighted by Crippen LogP contribution is 2.41. The summed E-state index contributed by atoms with van der Waals surface area (Å²) in [6.45, 7) is 17.8. The molecule has 0 atom stereocenters. The average Bonchev–Trinajstić information content (AvgIpc) is 1.63. The lowest BCUT2D eigenvalue weighted by Crippen LogP contribution is -1.87. The van der Waals surface area contributed by atoms with Gasteiger partial charge in [-0.25, -0.2) is 0 Å². The number of hydrogen-bond acceptors (Lipinski definition) is 4. The molecular formula is C108H88O4. The molecule has 544 valence electrons.